The first-order valence-corrected chi connectivity index (χ1v) is 14.4. The lowest BCUT2D eigenvalue weighted by Gasteiger charge is -2.23. The Labute approximate surface area is 257 Å². The van der Waals surface area contributed by atoms with E-state index in [9.17, 15) is 9.59 Å². The second kappa shape index (κ2) is 11.8. The Morgan fingerprint density at radius 1 is 1.00 bits per heavy atom. The Balaban J connectivity index is 1.44. The standard InChI is InChI=1S/C32H25Cl2N7O2/c1-3-20-7-9-23-21-11-12-35-27(14-21)29(6-4-5-19(2)32(43)37-26(23)13-20)40-18-36-25(16-31(40)42)24-15-22(33)8-10-28(24)41-17-30(34)38-39-41/h1,7-19,29H,4-6H2,2H3,(H,37,43). The number of benzene rings is 2. The molecule has 6 rings (SSSR count). The molecule has 2 unspecified atom stereocenters. The maximum Gasteiger partial charge on any atom is 0.254 e. The molecular formula is C32H25Cl2N7O2. The third-order valence-corrected chi connectivity index (χ3v) is 7.97. The number of anilines is 1. The van der Waals surface area contributed by atoms with Crippen molar-refractivity contribution in [2.45, 2.75) is 32.2 Å². The summed E-state index contributed by atoms with van der Waals surface area (Å²) in [6.45, 7) is 1.89. The van der Waals surface area contributed by atoms with E-state index in [0.717, 1.165) is 11.1 Å². The van der Waals surface area contributed by atoms with Crippen LogP contribution in [0, 0.1) is 18.3 Å². The fourth-order valence-electron chi connectivity index (χ4n) is 5.29. The quantitative estimate of drug-likeness (QED) is 0.244. The number of aromatic nitrogens is 6. The fourth-order valence-corrected chi connectivity index (χ4v) is 5.59. The van der Waals surface area contributed by atoms with Crippen molar-refractivity contribution < 1.29 is 4.79 Å². The molecule has 2 aromatic carbocycles. The summed E-state index contributed by atoms with van der Waals surface area (Å²) in [4.78, 5) is 36.2. The molecule has 214 valence electrons. The van der Waals surface area contributed by atoms with Crippen LogP contribution in [0.25, 0.3) is 28.1 Å². The molecular weight excluding hydrogens is 585 g/mol. The molecule has 0 fully saturated rings. The summed E-state index contributed by atoms with van der Waals surface area (Å²) in [6, 6.07) is 15.6. The van der Waals surface area contributed by atoms with E-state index in [1.165, 1.54) is 17.1 Å². The van der Waals surface area contributed by atoms with Gasteiger partial charge in [0.2, 0.25) is 5.91 Å². The van der Waals surface area contributed by atoms with Crippen molar-refractivity contribution in [2.75, 3.05) is 5.32 Å². The van der Waals surface area contributed by atoms with Crippen molar-refractivity contribution >= 4 is 34.8 Å². The highest BCUT2D eigenvalue weighted by Crippen LogP contribution is 2.34. The maximum absolute atomic E-state index is 13.7. The highest BCUT2D eigenvalue weighted by molar-refractivity contribution is 6.31. The summed E-state index contributed by atoms with van der Waals surface area (Å²) in [5.41, 5.74) is 5.04. The van der Waals surface area contributed by atoms with Gasteiger partial charge < -0.3 is 5.32 Å². The average Bonchev–Trinajstić information content (AvgIpc) is 3.44. The number of amides is 1. The van der Waals surface area contributed by atoms with Gasteiger partial charge >= 0.3 is 0 Å². The van der Waals surface area contributed by atoms with Crippen molar-refractivity contribution in [1.82, 2.24) is 29.5 Å². The molecule has 4 heterocycles. The van der Waals surface area contributed by atoms with Crippen molar-refractivity contribution in [3.63, 3.8) is 0 Å². The first kappa shape index (κ1) is 28.3. The van der Waals surface area contributed by atoms with Gasteiger partial charge in [-0.05, 0) is 60.9 Å². The maximum atomic E-state index is 13.7. The lowest BCUT2D eigenvalue weighted by Crippen LogP contribution is -2.27. The zero-order valence-electron chi connectivity index (χ0n) is 23.0. The van der Waals surface area contributed by atoms with Gasteiger partial charge in [0.1, 0.15) is 0 Å². The van der Waals surface area contributed by atoms with Gasteiger partial charge in [0.15, 0.2) is 5.15 Å². The molecule has 11 heteroatoms. The summed E-state index contributed by atoms with van der Waals surface area (Å²) in [7, 11) is 0. The molecule has 1 aliphatic heterocycles. The molecule has 1 N–H and O–H groups in total. The Morgan fingerprint density at radius 3 is 2.63 bits per heavy atom. The second-order valence-electron chi connectivity index (χ2n) is 10.4. The summed E-state index contributed by atoms with van der Waals surface area (Å²) in [5.74, 6) is 2.30. The van der Waals surface area contributed by atoms with Crippen molar-refractivity contribution in [3.8, 4) is 40.4 Å². The van der Waals surface area contributed by atoms with E-state index >= 15 is 0 Å². The van der Waals surface area contributed by atoms with Gasteiger partial charge in [-0.2, -0.15) is 0 Å². The molecule has 0 spiro atoms. The lowest BCUT2D eigenvalue weighted by molar-refractivity contribution is -0.119. The van der Waals surface area contributed by atoms with Gasteiger partial charge in [0, 0.05) is 45.6 Å². The Morgan fingerprint density at radius 2 is 1.86 bits per heavy atom. The lowest BCUT2D eigenvalue weighted by atomic mass is 9.95. The topological polar surface area (TPSA) is 108 Å². The Hall–Kier alpha value is -4.78. The van der Waals surface area contributed by atoms with Crippen LogP contribution in [0.5, 0.6) is 0 Å². The third-order valence-electron chi connectivity index (χ3n) is 7.56. The number of nitrogens with zero attached hydrogens (tertiary/aromatic N) is 6. The first-order chi connectivity index (χ1) is 20.8. The number of nitrogens with one attached hydrogen (secondary N) is 1. The van der Waals surface area contributed by atoms with Crippen LogP contribution in [-0.2, 0) is 4.79 Å². The molecule has 0 aliphatic carbocycles. The van der Waals surface area contributed by atoms with Gasteiger partial charge in [-0.3, -0.25) is 19.1 Å². The molecule has 0 saturated heterocycles. The van der Waals surface area contributed by atoms with Crippen LogP contribution in [0.1, 0.15) is 43.5 Å². The van der Waals surface area contributed by atoms with Crippen LogP contribution in [0.2, 0.25) is 10.2 Å². The van der Waals surface area contributed by atoms with Crippen molar-refractivity contribution in [2.24, 2.45) is 5.92 Å². The fraction of sp³-hybridized carbons (Fsp3) is 0.188. The monoisotopic (exact) mass is 609 g/mol. The smallest absolute Gasteiger partial charge is 0.254 e. The highest BCUT2D eigenvalue weighted by atomic mass is 35.5. The number of hydrogen-bond acceptors (Lipinski definition) is 6. The Bertz CT molecular complexity index is 1960. The van der Waals surface area contributed by atoms with E-state index in [2.05, 4.69) is 31.5 Å². The number of carbonyl (C=O) groups is 1. The van der Waals surface area contributed by atoms with Crippen LogP contribution >= 0.6 is 23.2 Å². The van der Waals surface area contributed by atoms with Crippen molar-refractivity contribution in [3.05, 3.63) is 105 Å². The largest absolute Gasteiger partial charge is 0.325 e. The predicted octanol–water partition coefficient (Wildman–Crippen LogP) is 6.19. The molecule has 9 nitrogen and oxygen atoms in total. The van der Waals surface area contributed by atoms with E-state index in [-0.39, 0.29) is 22.5 Å². The molecule has 5 aromatic rings. The average molecular weight is 611 g/mol. The van der Waals surface area contributed by atoms with E-state index in [0.29, 0.717) is 58.2 Å². The van der Waals surface area contributed by atoms with Gasteiger partial charge in [-0.1, -0.05) is 53.7 Å². The zero-order valence-corrected chi connectivity index (χ0v) is 24.5. The number of fused-ring (bicyclic) bond motifs is 4. The molecule has 1 aliphatic rings. The van der Waals surface area contributed by atoms with Crippen LogP contribution in [0.15, 0.2) is 78.1 Å². The van der Waals surface area contributed by atoms with E-state index in [1.54, 1.807) is 41.2 Å². The highest BCUT2D eigenvalue weighted by Gasteiger charge is 2.23. The summed E-state index contributed by atoms with van der Waals surface area (Å²) < 4.78 is 3.09. The normalized spacial score (nSPS) is 16.7. The van der Waals surface area contributed by atoms with E-state index < -0.39 is 6.04 Å². The Kier molecular flexibility index (Phi) is 7.80. The van der Waals surface area contributed by atoms with Gasteiger partial charge in [-0.25, -0.2) is 9.67 Å². The van der Waals surface area contributed by atoms with Gasteiger partial charge in [0.05, 0.1) is 35.6 Å². The summed E-state index contributed by atoms with van der Waals surface area (Å²) in [5, 5.41) is 11.7. The molecule has 0 radical (unpaired) electrons. The SMILES string of the molecule is C#Cc1ccc2c(c1)NC(=O)C(C)CCCC(n1cnc(-c3cc(Cl)ccc3-n3cc(Cl)nn3)cc1=O)c1cc-2ccn1. The molecule has 3 aromatic heterocycles. The third kappa shape index (κ3) is 5.80. The predicted molar refractivity (Wildman–Crippen MR) is 166 cm³/mol. The van der Waals surface area contributed by atoms with Crippen LogP contribution in [0.3, 0.4) is 0 Å². The minimum Gasteiger partial charge on any atom is -0.325 e. The number of hydrogen-bond donors (Lipinski definition) is 1. The van der Waals surface area contributed by atoms with Crippen LogP contribution in [0.4, 0.5) is 5.69 Å². The molecule has 2 bridgehead atoms. The van der Waals surface area contributed by atoms with Gasteiger partial charge in [0.25, 0.3) is 5.56 Å². The number of halogens is 2. The second-order valence-corrected chi connectivity index (χ2v) is 11.2. The molecule has 0 saturated carbocycles. The number of carbonyl (C=O) groups excluding carboxylic acids is 1. The first-order valence-electron chi connectivity index (χ1n) is 13.6. The van der Waals surface area contributed by atoms with E-state index in [1.807, 2.05) is 31.2 Å². The van der Waals surface area contributed by atoms with Crippen molar-refractivity contribution in [1.29, 1.82) is 0 Å². The van der Waals surface area contributed by atoms with Gasteiger partial charge in [-0.15, -0.1) is 11.5 Å². The number of terminal acetylenes is 1. The number of pyridine rings is 1. The number of rotatable bonds is 3. The minimum absolute atomic E-state index is 0.0870. The van der Waals surface area contributed by atoms with E-state index in [4.69, 9.17) is 29.6 Å². The van der Waals surface area contributed by atoms with Crippen LogP contribution < -0.4 is 10.9 Å². The summed E-state index contributed by atoms with van der Waals surface area (Å²) in [6.07, 6.45) is 12.3. The minimum atomic E-state index is -0.412. The molecule has 1 amide bonds. The molecule has 2 atom stereocenters. The van der Waals surface area contributed by atoms with Crippen LogP contribution in [-0.4, -0.2) is 35.4 Å². The summed E-state index contributed by atoms with van der Waals surface area (Å²) >= 11 is 12.3. The zero-order chi connectivity index (χ0) is 30.1. The molecule has 43 heavy (non-hydrogen) atoms.